The summed E-state index contributed by atoms with van der Waals surface area (Å²) in [6, 6.07) is 8.31. The predicted molar refractivity (Wildman–Crippen MR) is 73.5 cm³/mol. The molecule has 0 bridgehead atoms. The quantitative estimate of drug-likeness (QED) is 0.702. The summed E-state index contributed by atoms with van der Waals surface area (Å²) in [5.41, 5.74) is 1.34. The van der Waals surface area contributed by atoms with Crippen molar-refractivity contribution in [2.75, 3.05) is 7.11 Å². The maximum atomic E-state index is 5.22. The van der Waals surface area contributed by atoms with Gasteiger partial charge in [-0.15, -0.1) is 0 Å². The van der Waals surface area contributed by atoms with Gasteiger partial charge in [0, 0.05) is 4.83 Å². The maximum absolute atomic E-state index is 5.22. The number of halogens is 1. The van der Waals surface area contributed by atoms with Crippen LogP contribution < -0.4 is 4.74 Å². The lowest BCUT2D eigenvalue weighted by molar-refractivity contribution is 0.414. The summed E-state index contributed by atoms with van der Waals surface area (Å²) in [4.78, 5) is 0.571. The number of alkyl halides is 1. The molecule has 0 amide bonds. The molecule has 90 valence electrons. The molecule has 0 aliphatic carbocycles. The molecular formula is C14H21BrO. The Labute approximate surface area is 107 Å². The second-order valence-electron chi connectivity index (χ2n) is 4.62. The fraction of sp³-hybridized carbons (Fsp3) is 0.571. The molecule has 0 saturated carbocycles. The predicted octanol–water partition coefficient (Wildman–Crippen LogP) is 4.44. The fourth-order valence-electron chi connectivity index (χ4n) is 1.67. The van der Waals surface area contributed by atoms with E-state index in [1.807, 2.05) is 6.07 Å². The molecule has 16 heavy (non-hydrogen) atoms. The minimum Gasteiger partial charge on any atom is -0.497 e. The molecule has 0 fully saturated rings. The third-order valence-corrected chi connectivity index (χ3v) is 3.43. The summed E-state index contributed by atoms with van der Waals surface area (Å²) in [6.45, 7) is 4.54. The van der Waals surface area contributed by atoms with Gasteiger partial charge in [-0.05, 0) is 42.9 Å². The Hall–Kier alpha value is -0.500. The Morgan fingerprint density at radius 1 is 1.25 bits per heavy atom. The molecule has 1 nitrogen and oxygen atoms in total. The van der Waals surface area contributed by atoms with Crippen molar-refractivity contribution >= 4 is 15.9 Å². The molecular weight excluding hydrogens is 264 g/mol. The Balaban J connectivity index is 2.45. The Morgan fingerprint density at radius 3 is 2.62 bits per heavy atom. The van der Waals surface area contributed by atoms with Gasteiger partial charge in [0.15, 0.2) is 0 Å². The van der Waals surface area contributed by atoms with Gasteiger partial charge in [0.2, 0.25) is 0 Å². The topological polar surface area (TPSA) is 9.23 Å². The van der Waals surface area contributed by atoms with Crippen LogP contribution in [0.2, 0.25) is 0 Å². The van der Waals surface area contributed by atoms with E-state index in [2.05, 4.69) is 48.0 Å². The molecule has 0 aliphatic rings. The van der Waals surface area contributed by atoms with Gasteiger partial charge < -0.3 is 4.74 Å². The largest absolute Gasteiger partial charge is 0.497 e. The number of hydrogen-bond donors (Lipinski definition) is 0. The number of hydrogen-bond acceptors (Lipinski definition) is 1. The van der Waals surface area contributed by atoms with E-state index in [1.54, 1.807) is 7.11 Å². The van der Waals surface area contributed by atoms with Gasteiger partial charge in [-0.3, -0.25) is 0 Å². The van der Waals surface area contributed by atoms with Crippen LogP contribution in [0.4, 0.5) is 0 Å². The Morgan fingerprint density at radius 2 is 2.00 bits per heavy atom. The lowest BCUT2D eigenvalue weighted by Crippen LogP contribution is -2.04. The van der Waals surface area contributed by atoms with E-state index in [0.29, 0.717) is 4.83 Å². The van der Waals surface area contributed by atoms with Crippen LogP contribution in [-0.2, 0) is 6.42 Å². The highest BCUT2D eigenvalue weighted by molar-refractivity contribution is 9.09. The zero-order valence-electron chi connectivity index (χ0n) is 10.4. The molecule has 1 unspecified atom stereocenters. The SMILES string of the molecule is COc1cccc(CC(Br)CCC(C)C)c1. The van der Waals surface area contributed by atoms with Crippen LogP contribution in [0.15, 0.2) is 24.3 Å². The van der Waals surface area contributed by atoms with Gasteiger partial charge in [-0.1, -0.05) is 41.9 Å². The van der Waals surface area contributed by atoms with Crippen LogP contribution >= 0.6 is 15.9 Å². The molecule has 1 aromatic rings. The average molecular weight is 285 g/mol. The van der Waals surface area contributed by atoms with Gasteiger partial charge in [0.1, 0.15) is 5.75 Å². The van der Waals surface area contributed by atoms with E-state index in [-0.39, 0.29) is 0 Å². The zero-order valence-corrected chi connectivity index (χ0v) is 12.0. The van der Waals surface area contributed by atoms with Crippen molar-refractivity contribution in [3.05, 3.63) is 29.8 Å². The van der Waals surface area contributed by atoms with E-state index in [9.17, 15) is 0 Å². The van der Waals surface area contributed by atoms with Crippen molar-refractivity contribution < 1.29 is 4.74 Å². The fourth-order valence-corrected chi connectivity index (χ4v) is 2.31. The Kier molecular flexibility index (Phi) is 5.89. The van der Waals surface area contributed by atoms with Crippen LogP contribution in [0, 0.1) is 5.92 Å². The maximum Gasteiger partial charge on any atom is 0.119 e. The normalized spacial score (nSPS) is 12.8. The monoisotopic (exact) mass is 284 g/mol. The smallest absolute Gasteiger partial charge is 0.119 e. The molecule has 1 atom stereocenters. The second-order valence-corrected chi connectivity index (χ2v) is 5.92. The third kappa shape index (κ3) is 5.02. The van der Waals surface area contributed by atoms with E-state index < -0.39 is 0 Å². The molecule has 0 aromatic heterocycles. The molecule has 1 rings (SSSR count). The lowest BCUT2D eigenvalue weighted by atomic mass is 10.0. The highest BCUT2D eigenvalue weighted by Crippen LogP contribution is 2.20. The van der Waals surface area contributed by atoms with Gasteiger partial charge >= 0.3 is 0 Å². The van der Waals surface area contributed by atoms with Crippen LogP contribution in [0.1, 0.15) is 32.3 Å². The van der Waals surface area contributed by atoms with Crippen LogP contribution in [0.3, 0.4) is 0 Å². The van der Waals surface area contributed by atoms with Gasteiger partial charge in [0.05, 0.1) is 7.11 Å². The second kappa shape index (κ2) is 6.95. The summed E-state index contributed by atoms with van der Waals surface area (Å²) in [5, 5.41) is 0. The number of benzene rings is 1. The number of rotatable bonds is 6. The first-order valence-corrected chi connectivity index (χ1v) is 6.80. The van der Waals surface area contributed by atoms with Crippen LogP contribution in [-0.4, -0.2) is 11.9 Å². The van der Waals surface area contributed by atoms with E-state index in [4.69, 9.17) is 4.74 Å². The molecule has 0 saturated heterocycles. The van der Waals surface area contributed by atoms with E-state index >= 15 is 0 Å². The molecule has 0 N–H and O–H groups in total. The summed E-state index contributed by atoms with van der Waals surface area (Å²) >= 11 is 3.75. The standard InChI is InChI=1S/C14H21BrO/c1-11(2)7-8-13(15)9-12-5-4-6-14(10-12)16-3/h4-6,10-11,13H,7-9H2,1-3H3. The first-order chi connectivity index (χ1) is 7.61. The molecule has 0 spiro atoms. The molecule has 0 aliphatic heterocycles. The van der Waals surface area contributed by atoms with Crippen LogP contribution in [0.5, 0.6) is 5.75 Å². The van der Waals surface area contributed by atoms with Crippen molar-refractivity contribution in [1.82, 2.24) is 0 Å². The molecule has 0 radical (unpaired) electrons. The van der Waals surface area contributed by atoms with Gasteiger partial charge in [-0.25, -0.2) is 0 Å². The average Bonchev–Trinajstić information content (AvgIpc) is 2.26. The van der Waals surface area contributed by atoms with Crippen molar-refractivity contribution in [3.8, 4) is 5.75 Å². The van der Waals surface area contributed by atoms with Crippen LogP contribution in [0.25, 0.3) is 0 Å². The highest BCUT2D eigenvalue weighted by atomic mass is 79.9. The van der Waals surface area contributed by atoms with Crippen molar-refractivity contribution in [2.45, 2.75) is 37.9 Å². The zero-order chi connectivity index (χ0) is 12.0. The van der Waals surface area contributed by atoms with Crippen molar-refractivity contribution in [1.29, 1.82) is 0 Å². The molecule has 0 heterocycles. The van der Waals surface area contributed by atoms with Gasteiger partial charge in [0.25, 0.3) is 0 Å². The van der Waals surface area contributed by atoms with E-state index in [0.717, 1.165) is 18.1 Å². The Bertz CT molecular complexity index is 309. The molecule has 2 heteroatoms. The third-order valence-electron chi connectivity index (χ3n) is 2.65. The summed E-state index contributed by atoms with van der Waals surface area (Å²) in [5.74, 6) is 1.73. The molecule has 1 aromatic carbocycles. The summed E-state index contributed by atoms with van der Waals surface area (Å²) in [6.07, 6.45) is 3.58. The highest BCUT2D eigenvalue weighted by Gasteiger charge is 2.07. The van der Waals surface area contributed by atoms with Crippen molar-refractivity contribution in [2.24, 2.45) is 5.92 Å². The lowest BCUT2D eigenvalue weighted by Gasteiger charge is -2.12. The minimum absolute atomic E-state index is 0.571. The minimum atomic E-state index is 0.571. The van der Waals surface area contributed by atoms with Crippen molar-refractivity contribution in [3.63, 3.8) is 0 Å². The first-order valence-electron chi connectivity index (χ1n) is 5.88. The summed E-state index contributed by atoms with van der Waals surface area (Å²) < 4.78 is 5.22. The number of methoxy groups -OCH3 is 1. The summed E-state index contributed by atoms with van der Waals surface area (Å²) in [7, 11) is 1.71. The van der Waals surface area contributed by atoms with E-state index in [1.165, 1.54) is 18.4 Å². The number of ether oxygens (including phenoxy) is 1. The van der Waals surface area contributed by atoms with Gasteiger partial charge in [-0.2, -0.15) is 0 Å². The first kappa shape index (κ1) is 13.6.